The molecule has 0 aliphatic carbocycles. The predicted molar refractivity (Wildman–Crippen MR) is 138 cm³/mol. The smallest absolute Gasteiger partial charge is 0.183 e. The lowest BCUT2D eigenvalue weighted by molar-refractivity contribution is 0.101. The molecular formula is C27H27F2N7O. The van der Waals surface area contributed by atoms with Crippen LogP contribution in [0.3, 0.4) is 0 Å². The van der Waals surface area contributed by atoms with Gasteiger partial charge in [-0.2, -0.15) is 10.2 Å². The molecule has 1 aliphatic rings. The van der Waals surface area contributed by atoms with Crippen LogP contribution in [0.5, 0.6) is 5.75 Å². The van der Waals surface area contributed by atoms with Gasteiger partial charge in [0.15, 0.2) is 5.65 Å². The van der Waals surface area contributed by atoms with Crippen molar-refractivity contribution >= 4 is 22.1 Å². The fraction of sp³-hybridized carbons (Fsp3) is 0.333. The second-order valence-corrected chi connectivity index (χ2v) is 9.51. The quantitative estimate of drug-likeness (QED) is 0.340. The van der Waals surface area contributed by atoms with Gasteiger partial charge < -0.3 is 14.2 Å². The first-order valence-corrected chi connectivity index (χ1v) is 12.3. The molecule has 190 valence electrons. The van der Waals surface area contributed by atoms with Crippen LogP contribution >= 0.6 is 0 Å². The van der Waals surface area contributed by atoms with E-state index in [-0.39, 0.29) is 11.9 Å². The van der Waals surface area contributed by atoms with Gasteiger partial charge in [0.1, 0.15) is 23.3 Å². The standard InChI is InChI=1S/C27H27F2N7O/c1-4-35-15-30-26-20(12-31-32-27(26)35)16-5-6-21(28)18(9-16)19-10-17-13-36(33-23(17)11-25(19)37-3)24-7-8-34(2)14-22(24)29/h5-6,9-13,15,22,24H,4,7-8,14H2,1-3H3. The Kier molecular flexibility index (Phi) is 5.83. The van der Waals surface area contributed by atoms with Crippen molar-refractivity contribution < 1.29 is 13.5 Å². The molecule has 0 spiro atoms. The first kappa shape index (κ1) is 23.5. The molecule has 4 heterocycles. The zero-order valence-corrected chi connectivity index (χ0v) is 20.9. The Bertz CT molecular complexity index is 1610. The molecule has 3 aromatic heterocycles. The number of rotatable bonds is 5. The second-order valence-electron chi connectivity index (χ2n) is 9.51. The number of halogens is 2. The normalized spacial score (nSPS) is 18.6. The molecular weight excluding hydrogens is 476 g/mol. The maximum absolute atomic E-state index is 15.3. The van der Waals surface area contributed by atoms with E-state index in [0.717, 1.165) is 29.6 Å². The van der Waals surface area contributed by atoms with Gasteiger partial charge in [-0.1, -0.05) is 6.07 Å². The lowest BCUT2D eigenvalue weighted by Crippen LogP contribution is -2.40. The third kappa shape index (κ3) is 4.01. The number of hydrogen-bond donors (Lipinski definition) is 0. The maximum Gasteiger partial charge on any atom is 0.183 e. The fourth-order valence-corrected chi connectivity index (χ4v) is 5.18. The van der Waals surface area contributed by atoms with Crippen molar-refractivity contribution in [1.82, 2.24) is 34.4 Å². The molecule has 0 N–H and O–H groups in total. The molecule has 0 radical (unpaired) electrons. The highest BCUT2D eigenvalue weighted by Gasteiger charge is 2.30. The summed E-state index contributed by atoms with van der Waals surface area (Å²) >= 11 is 0. The van der Waals surface area contributed by atoms with Crippen LogP contribution in [0.1, 0.15) is 19.4 Å². The number of nitrogens with zero attached hydrogens (tertiary/aromatic N) is 7. The van der Waals surface area contributed by atoms with E-state index in [2.05, 4.69) is 20.3 Å². The topological polar surface area (TPSA) is 73.9 Å². The minimum absolute atomic E-state index is 0.331. The minimum Gasteiger partial charge on any atom is -0.496 e. The predicted octanol–water partition coefficient (Wildman–Crippen LogP) is 4.89. The van der Waals surface area contributed by atoms with Crippen LogP contribution in [0.4, 0.5) is 8.78 Å². The number of ether oxygens (including phenoxy) is 1. The highest BCUT2D eigenvalue weighted by Crippen LogP contribution is 2.38. The molecule has 1 aliphatic heterocycles. The van der Waals surface area contributed by atoms with Gasteiger partial charge in [-0.15, -0.1) is 5.10 Å². The number of piperidine rings is 1. The summed E-state index contributed by atoms with van der Waals surface area (Å²) < 4.78 is 39.3. The van der Waals surface area contributed by atoms with E-state index >= 15 is 4.39 Å². The first-order chi connectivity index (χ1) is 18.0. The molecule has 0 saturated carbocycles. The van der Waals surface area contributed by atoms with Gasteiger partial charge in [0.05, 0.1) is 31.2 Å². The van der Waals surface area contributed by atoms with Gasteiger partial charge >= 0.3 is 0 Å². The van der Waals surface area contributed by atoms with Crippen LogP contribution in [0.25, 0.3) is 44.3 Å². The van der Waals surface area contributed by atoms with Gasteiger partial charge in [0.2, 0.25) is 0 Å². The molecule has 10 heteroatoms. The first-order valence-electron chi connectivity index (χ1n) is 12.3. The van der Waals surface area contributed by atoms with Crippen molar-refractivity contribution in [3.63, 3.8) is 0 Å². The highest BCUT2D eigenvalue weighted by atomic mass is 19.1. The zero-order chi connectivity index (χ0) is 25.7. The van der Waals surface area contributed by atoms with E-state index in [1.54, 1.807) is 42.5 Å². The number of alkyl halides is 1. The number of methoxy groups -OCH3 is 1. The summed E-state index contributed by atoms with van der Waals surface area (Å²) in [5.41, 5.74) is 4.56. The summed E-state index contributed by atoms with van der Waals surface area (Å²) in [6.45, 7) is 3.91. The average molecular weight is 504 g/mol. The SMILES string of the molecule is CCn1cnc2c(-c3ccc(F)c(-c4cc5cn(C6CCN(C)CC6F)nc5cc4OC)c3)cnnc21. The fourth-order valence-electron chi connectivity index (χ4n) is 5.18. The van der Waals surface area contributed by atoms with Gasteiger partial charge in [-0.25, -0.2) is 13.8 Å². The second kappa shape index (κ2) is 9.19. The molecule has 0 bridgehead atoms. The Labute approximate surface area is 212 Å². The van der Waals surface area contributed by atoms with E-state index in [1.807, 2.05) is 35.7 Å². The molecule has 1 saturated heterocycles. The van der Waals surface area contributed by atoms with Gasteiger partial charge in [0.25, 0.3) is 0 Å². The zero-order valence-electron chi connectivity index (χ0n) is 20.9. The molecule has 5 aromatic rings. The van der Waals surface area contributed by atoms with E-state index in [9.17, 15) is 4.39 Å². The summed E-state index contributed by atoms with van der Waals surface area (Å²) in [6, 6.07) is 8.23. The Morgan fingerprint density at radius 2 is 2.00 bits per heavy atom. The summed E-state index contributed by atoms with van der Waals surface area (Å²) in [5.74, 6) is 0.104. The van der Waals surface area contributed by atoms with Crippen LogP contribution < -0.4 is 4.74 Å². The number of aryl methyl sites for hydroxylation is 1. The number of hydrogen-bond acceptors (Lipinski definition) is 6. The monoisotopic (exact) mass is 503 g/mol. The third-order valence-electron chi connectivity index (χ3n) is 7.21. The average Bonchev–Trinajstić information content (AvgIpc) is 3.51. The Balaban J connectivity index is 1.45. The van der Waals surface area contributed by atoms with Crippen LogP contribution in [-0.4, -0.2) is 67.8 Å². The van der Waals surface area contributed by atoms with Gasteiger partial charge in [0, 0.05) is 54.0 Å². The lowest BCUT2D eigenvalue weighted by atomic mass is 9.97. The van der Waals surface area contributed by atoms with Crippen LogP contribution in [0.15, 0.2) is 49.1 Å². The number of fused-ring (bicyclic) bond motifs is 2. The molecule has 6 rings (SSSR count). The van der Waals surface area contributed by atoms with E-state index in [4.69, 9.17) is 4.74 Å². The summed E-state index contributed by atoms with van der Waals surface area (Å²) in [6.07, 6.45) is 4.88. The molecule has 2 aromatic carbocycles. The number of benzene rings is 2. The van der Waals surface area contributed by atoms with Gasteiger partial charge in [-0.3, -0.25) is 4.68 Å². The van der Waals surface area contributed by atoms with Crippen LogP contribution in [0.2, 0.25) is 0 Å². The van der Waals surface area contributed by atoms with Crippen molar-refractivity contribution in [3.8, 4) is 28.0 Å². The maximum atomic E-state index is 15.3. The largest absolute Gasteiger partial charge is 0.496 e. The molecule has 1 fully saturated rings. The summed E-state index contributed by atoms with van der Waals surface area (Å²) in [4.78, 5) is 6.51. The molecule has 37 heavy (non-hydrogen) atoms. The molecule has 2 unspecified atom stereocenters. The molecule has 8 nitrogen and oxygen atoms in total. The summed E-state index contributed by atoms with van der Waals surface area (Å²) in [7, 11) is 3.47. The van der Waals surface area contributed by atoms with E-state index in [0.29, 0.717) is 46.5 Å². The summed E-state index contributed by atoms with van der Waals surface area (Å²) in [5, 5.41) is 13.8. The lowest BCUT2D eigenvalue weighted by Gasteiger charge is -2.32. The molecule has 0 amide bonds. The number of likely N-dealkylation sites (tertiary alicyclic amines) is 1. The van der Waals surface area contributed by atoms with Crippen molar-refractivity contribution in [1.29, 1.82) is 0 Å². The van der Waals surface area contributed by atoms with Crippen molar-refractivity contribution in [3.05, 3.63) is 54.9 Å². The van der Waals surface area contributed by atoms with Crippen LogP contribution in [0, 0.1) is 5.82 Å². The third-order valence-corrected chi connectivity index (χ3v) is 7.21. The number of imidazole rings is 1. The van der Waals surface area contributed by atoms with Crippen molar-refractivity contribution in [2.75, 3.05) is 27.2 Å². The van der Waals surface area contributed by atoms with Crippen LogP contribution in [-0.2, 0) is 6.54 Å². The minimum atomic E-state index is -1.01. The van der Waals surface area contributed by atoms with Crippen molar-refractivity contribution in [2.24, 2.45) is 0 Å². The Morgan fingerprint density at radius 3 is 2.78 bits per heavy atom. The van der Waals surface area contributed by atoms with E-state index < -0.39 is 6.17 Å². The Morgan fingerprint density at radius 1 is 1.14 bits per heavy atom. The Hall–Kier alpha value is -3.92. The highest BCUT2D eigenvalue weighted by molar-refractivity contribution is 5.92. The number of aromatic nitrogens is 6. The molecule has 2 atom stereocenters. The van der Waals surface area contributed by atoms with Gasteiger partial charge in [-0.05, 0) is 44.2 Å². The van der Waals surface area contributed by atoms with E-state index in [1.165, 1.54) is 6.07 Å². The van der Waals surface area contributed by atoms with Crippen molar-refractivity contribution in [2.45, 2.75) is 32.1 Å².